The molecule has 2 aromatic rings. The number of halogens is 1. The Morgan fingerprint density at radius 3 is 2.82 bits per heavy atom. The summed E-state index contributed by atoms with van der Waals surface area (Å²) in [5, 5.41) is 7.43. The molecule has 1 aromatic heterocycles. The predicted octanol–water partition coefficient (Wildman–Crippen LogP) is 2.56. The highest BCUT2D eigenvalue weighted by molar-refractivity contribution is 9.10. The van der Waals surface area contributed by atoms with Crippen LogP contribution in [0.4, 0.5) is 11.5 Å². The Morgan fingerprint density at radius 1 is 1.47 bits per heavy atom. The zero-order chi connectivity index (χ0) is 12.4. The molecular weight excluding hydrogens is 300 g/mol. The maximum atomic E-state index is 5.67. The Bertz CT molecular complexity index is 564. The third kappa shape index (κ3) is 2.83. The first-order valence-corrected chi connectivity index (χ1v) is 6.12. The lowest BCUT2D eigenvalue weighted by Crippen LogP contribution is -2.12. The lowest BCUT2D eigenvalue weighted by Gasteiger charge is -2.09. The fourth-order valence-corrected chi connectivity index (χ4v) is 1.99. The Hall–Kier alpha value is -1.40. The van der Waals surface area contributed by atoms with Crippen LogP contribution in [0.5, 0.6) is 0 Å². The number of hydrogen-bond acceptors (Lipinski definition) is 3. The summed E-state index contributed by atoms with van der Waals surface area (Å²) in [7, 11) is 1.86. The van der Waals surface area contributed by atoms with E-state index >= 15 is 0 Å². The Kier molecular flexibility index (Phi) is 3.44. The monoisotopic (exact) mass is 310 g/mol. The van der Waals surface area contributed by atoms with E-state index in [0.717, 1.165) is 21.5 Å². The summed E-state index contributed by atoms with van der Waals surface area (Å²) < 4.78 is 2.68. The van der Waals surface area contributed by atoms with Crippen LogP contribution < -0.4 is 11.1 Å². The molecule has 0 spiro atoms. The van der Waals surface area contributed by atoms with Crippen molar-refractivity contribution in [2.75, 3.05) is 5.32 Å². The largest absolute Gasteiger partial charge is 0.389 e. The minimum Gasteiger partial charge on any atom is -0.389 e. The minimum absolute atomic E-state index is 0.357. The van der Waals surface area contributed by atoms with Crippen molar-refractivity contribution in [3.05, 3.63) is 40.5 Å². The molecule has 6 heteroatoms. The van der Waals surface area contributed by atoms with Gasteiger partial charge in [0.1, 0.15) is 4.99 Å². The Balaban J connectivity index is 2.37. The van der Waals surface area contributed by atoms with Gasteiger partial charge in [-0.25, -0.2) is 0 Å². The SMILES string of the molecule is Cn1ccc(Nc2cc(Br)ccc2C(N)=S)n1. The average molecular weight is 311 g/mol. The highest BCUT2D eigenvalue weighted by Crippen LogP contribution is 2.24. The maximum absolute atomic E-state index is 5.67. The number of hydrogen-bond donors (Lipinski definition) is 2. The zero-order valence-corrected chi connectivity index (χ0v) is 11.5. The van der Waals surface area contributed by atoms with E-state index in [-0.39, 0.29) is 0 Å². The van der Waals surface area contributed by atoms with Gasteiger partial charge < -0.3 is 11.1 Å². The number of nitrogens with zero attached hydrogens (tertiary/aromatic N) is 2. The van der Waals surface area contributed by atoms with Crippen molar-refractivity contribution >= 4 is 44.6 Å². The number of rotatable bonds is 3. The van der Waals surface area contributed by atoms with Crippen LogP contribution in [0.25, 0.3) is 0 Å². The lowest BCUT2D eigenvalue weighted by molar-refractivity contribution is 0.771. The molecule has 88 valence electrons. The molecule has 2 rings (SSSR count). The van der Waals surface area contributed by atoms with Crippen LogP contribution in [-0.2, 0) is 7.05 Å². The summed E-state index contributed by atoms with van der Waals surface area (Å²) in [5.74, 6) is 0.753. The number of aromatic nitrogens is 2. The summed E-state index contributed by atoms with van der Waals surface area (Å²) in [6.07, 6.45) is 1.86. The van der Waals surface area contributed by atoms with Gasteiger partial charge in [0, 0.05) is 29.3 Å². The Labute approximate surface area is 113 Å². The van der Waals surface area contributed by atoms with E-state index < -0.39 is 0 Å². The minimum atomic E-state index is 0.357. The van der Waals surface area contributed by atoms with Crippen LogP contribution in [0, 0.1) is 0 Å². The van der Waals surface area contributed by atoms with Crippen LogP contribution in [0.2, 0.25) is 0 Å². The second-order valence-corrected chi connectivity index (χ2v) is 4.91. The van der Waals surface area contributed by atoms with Crippen LogP contribution in [0.15, 0.2) is 34.9 Å². The average Bonchev–Trinajstić information content (AvgIpc) is 2.63. The van der Waals surface area contributed by atoms with Crippen LogP contribution in [0.3, 0.4) is 0 Å². The first-order valence-electron chi connectivity index (χ1n) is 4.92. The van der Waals surface area contributed by atoms with E-state index in [1.165, 1.54) is 0 Å². The van der Waals surface area contributed by atoms with Crippen LogP contribution in [0.1, 0.15) is 5.56 Å². The number of nitrogens with one attached hydrogen (secondary N) is 1. The summed E-state index contributed by atoms with van der Waals surface area (Å²) in [6, 6.07) is 7.57. The van der Waals surface area contributed by atoms with Gasteiger partial charge >= 0.3 is 0 Å². The predicted molar refractivity (Wildman–Crippen MR) is 76.5 cm³/mol. The fraction of sp³-hybridized carbons (Fsp3) is 0.0909. The van der Waals surface area contributed by atoms with E-state index in [9.17, 15) is 0 Å². The van der Waals surface area contributed by atoms with Crippen molar-refractivity contribution in [1.29, 1.82) is 0 Å². The van der Waals surface area contributed by atoms with E-state index in [4.69, 9.17) is 18.0 Å². The molecule has 0 bridgehead atoms. The molecule has 0 aliphatic rings. The normalized spacial score (nSPS) is 10.2. The summed E-state index contributed by atoms with van der Waals surface area (Å²) >= 11 is 8.43. The molecule has 1 heterocycles. The molecule has 1 aromatic carbocycles. The third-order valence-electron chi connectivity index (χ3n) is 2.22. The highest BCUT2D eigenvalue weighted by Gasteiger charge is 2.07. The second kappa shape index (κ2) is 4.85. The van der Waals surface area contributed by atoms with Gasteiger partial charge in [-0.05, 0) is 18.2 Å². The van der Waals surface area contributed by atoms with Crippen molar-refractivity contribution in [1.82, 2.24) is 9.78 Å². The van der Waals surface area contributed by atoms with Crippen molar-refractivity contribution in [2.45, 2.75) is 0 Å². The van der Waals surface area contributed by atoms with Crippen molar-refractivity contribution < 1.29 is 0 Å². The standard InChI is InChI=1S/C11H11BrN4S/c1-16-5-4-10(15-16)14-9-6-7(12)2-3-8(9)11(13)17/h2-6H,1H3,(H2,13,17)(H,14,15). The molecule has 0 radical (unpaired) electrons. The number of thiocarbonyl (C=S) groups is 1. The summed E-state index contributed by atoms with van der Waals surface area (Å²) in [6.45, 7) is 0. The fourth-order valence-electron chi connectivity index (χ4n) is 1.45. The summed E-state index contributed by atoms with van der Waals surface area (Å²) in [4.78, 5) is 0.357. The molecule has 17 heavy (non-hydrogen) atoms. The van der Waals surface area contributed by atoms with Crippen molar-refractivity contribution in [3.8, 4) is 0 Å². The molecule has 0 saturated heterocycles. The first-order chi connectivity index (χ1) is 8.06. The third-order valence-corrected chi connectivity index (χ3v) is 2.94. The molecule has 0 atom stereocenters. The number of anilines is 2. The first kappa shape index (κ1) is 12.1. The molecule has 0 fully saturated rings. The van der Waals surface area contributed by atoms with E-state index in [1.807, 2.05) is 37.5 Å². The summed E-state index contributed by atoms with van der Waals surface area (Å²) in [5.41, 5.74) is 7.31. The van der Waals surface area contributed by atoms with Gasteiger partial charge in [-0.2, -0.15) is 5.10 Å². The van der Waals surface area contributed by atoms with Crippen LogP contribution in [-0.4, -0.2) is 14.8 Å². The van der Waals surface area contributed by atoms with Crippen LogP contribution >= 0.6 is 28.1 Å². The second-order valence-electron chi connectivity index (χ2n) is 3.55. The molecule has 0 amide bonds. The van der Waals surface area contributed by atoms with E-state index in [0.29, 0.717) is 4.99 Å². The highest BCUT2D eigenvalue weighted by atomic mass is 79.9. The van der Waals surface area contributed by atoms with Gasteiger partial charge in [-0.1, -0.05) is 28.1 Å². The molecule has 0 aliphatic heterocycles. The molecule has 0 saturated carbocycles. The molecule has 0 unspecified atom stereocenters. The number of aryl methyl sites for hydroxylation is 1. The molecule has 4 nitrogen and oxygen atoms in total. The van der Waals surface area contributed by atoms with E-state index in [2.05, 4.69) is 26.3 Å². The van der Waals surface area contributed by atoms with Gasteiger partial charge in [0.2, 0.25) is 0 Å². The topological polar surface area (TPSA) is 55.9 Å². The number of benzene rings is 1. The van der Waals surface area contributed by atoms with Crippen molar-refractivity contribution in [2.24, 2.45) is 12.8 Å². The number of nitrogens with two attached hydrogens (primary N) is 1. The van der Waals surface area contributed by atoms with Crippen molar-refractivity contribution in [3.63, 3.8) is 0 Å². The molecule has 3 N–H and O–H groups in total. The van der Waals surface area contributed by atoms with Gasteiger partial charge in [-0.15, -0.1) is 0 Å². The van der Waals surface area contributed by atoms with E-state index in [1.54, 1.807) is 4.68 Å². The smallest absolute Gasteiger partial charge is 0.152 e. The zero-order valence-electron chi connectivity index (χ0n) is 9.14. The maximum Gasteiger partial charge on any atom is 0.152 e. The lowest BCUT2D eigenvalue weighted by atomic mass is 10.2. The van der Waals surface area contributed by atoms with Gasteiger partial charge in [0.05, 0.1) is 5.69 Å². The van der Waals surface area contributed by atoms with Gasteiger partial charge in [0.15, 0.2) is 5.82 Å². The molecular formula is C11H11BrN4S. The van der Waals surface area contributed by atoms with Gasteiger partial charge in [-0.3, -0.25) is 4.68 Å². The Morgan fingerprint density at radius 2 is 2.24 bits per heavy atom. The van der Waals surface area contributed by atoms with Gasteiger partial charge in [0.25, 0.3) is 0 Å². The molecule has 0 aliphatic carbocycles. The quantitative estimate of drug-likeness (QED) is 0.856.